The zero-order valence-corrected chi connectivity index (χ0v) is 8.80. The molecule has 0 radical (unpaired) electrons. The summed E-state index contributed by atoms with van der Waals surface area (Å²) in [4.78, 5) is 15.3. The second-order valence-electron chi connectivity index (χ2n) is 2.80. The molecule has 1 aromatic rings. The van der Waals surface area contributed by atoms with E-state index in [2.05, 4.69) is 4.98 Å². The van der Waals surface area contributed by atoms with Crippen LogP contribution in [0.4, 0.5) is 0 Å². The molecule has 0 saturated heterocycles. The molecule has 0 saturated carbocycles. The van der Waals surface area contributed by atoms with Gasteiger partial charge in [-0.2, -0.15) is 5.26 Å². The number of carbonyl (C=O) groups is 1. The number of ether oxygens (including phenoxy) is 1. The van der Waals surface area contributed by atoms with Crippen molar-refractivity contribution in [3.63, 3.8) is 0 Å². The molecule has 0 aliphatic rings. The summed E-state index contributed by atoms with van der Waals surface area (Å²) < 4.78 is 4.78. The van der Waals surface area contributed by atoms with Crippen molar-refractivity contribution in [1.29, 1.82) is 5.26 Å². The molecule has 0 aliphatic heterocycles. The summed E-state index contributed by atoms with van der Waals surface area (Å²) in [5, 5.41) is 11.1. The van der Waals surface area contributed by atoms with Crippen LogP contribution in [-0.2, 0) is 16.0 Å². The fourth-order valence-electron chi connectivity index (χ4n) is 0.903. The van der Waals surface area contributed by atoms with E-state index < -0.39 is 12.1 Å². The van der Waals surface area contributed by atoms with Crippen molar-refractivity contribution in [1.82, 2.24) is 4.98 Å². The fourth-order valence-corrected chi connectivity index (χ4v) is 1.52. The highest BCUT2D eigenvalue weighted by Crippen LogP contribution is 2.09. The SMILES string of the molecule is Cc1nc(CC(=O)OC(C)C#N)cs1. The molecule has 1 unspecified atom stereocenters. The van der Waals surface area contributed by atoms with Crippen molar-refractivity contribution in [3.05, 3.63) is 16.1 Å². The molecular weight excluding hydrogens is 200 g/mol. The van der Waals surface area contributed by atoms with Crippen LogP contribution in [-0.4, -0.2) is 17.1 Å². The second-order valence-corrected chi connectivity index (χ2v) is 3.86. The lowest BCUT2D eigenvalue weighted by atomic mass is 10.3. The van der Waals surface area contributed by atoms with Gasteiger partial charge in [-0.1, -0.05) is 0 Å². The van der Waals surface area contributed by atoms with Gasteiger partial charge in [0.05, 0.1) is 17.1 Å². The number of aromatic nitrogens is 1. The topological polar surface area (TPSA) is 63.0 Å². The number of nitrogens with zero attached hydrogens (tertiary/aromatic N) is 2. The van der Waals surface area contributed by atoms with Crippen LogP contribution in [0.3, 0.4) is 0 Å². The molecule has 0 fully saturated rings. The molecule has 1 heterocycles. The molecule has 5 heteroatoms. The van der Waals surface area contributed by atoms with Crippen molar-refractivity contribution in [2.75, 3.05) is 0 Å². The average molecular weight is 210 g/mol. The van der Waals surface area contributed by atoms with Crippen LogP contribution < -0.4 is 0 Å². The first-order valence-electron chi connectivity index (χ1n) is 4.12. The van der Waals surface area contributed by atoms with Crippen LogP contribution in [0.25, 0.3) is 0 Å². The minimum Gasteiger partial charge on any atom is -0.447 e. The van der Waals surface area contributed by atoms with Gasteiger partial charge in [0.1, 0.15) is 6.07 Å². The highest BCUT2D eigenvalue weighted by molar-refractivity contribution is 7.09. The third kappa shape index (κ3) is 3.15. The number of hydrogen-bond donors (Lipinski definition) is 0. The Bertz CT molecular complexity index is 367. The number of aryl methyl sites for hydroxylation is 1. The Balaban J connectivity index is 2.46. The van der Waals surface area contributed by atoms with Crippen LogP contribution in [0.5, 0.6) is 0 Å². The lowest BCUT2D eigenvalue weighted by Gasteiger charge is -2.03. The molecule has 0 aliphatic carbocycles. The first kappa shape index (κ1) is 10.7. The predicted octanol–water partition coefficient (Wildman–Crippen LogP) is 1.45. The maximum atomic E-state index is 11.2. The third-order valence-corrected chi connectivity index (χ3v) is 2.30. The number of esters is 1. The lowest BCUT2D eigenvalue weighted by molar-refractivity contribution is -0.145. The van der Waals surface area contributed by atoms with Crippen molar-refractivity contribution < 1.29 is 9.53 Å². The maximum absolute atomic E-state index is 11.2. The van der Waals surface area contributed by atoms with E-state index in [1.807, 2.05) is 18.4 Å². The summed E-state index contributed by atoms with van der Waals surface area (Å²) in [6.45, 7) is 3.40. The summed E-state index contributed by atoms with van der Waals surface area (Å²) in [7, 11) is 0. The van der Waals surface area contributed by atoms with Crippen LogP contribution >= 0.6 is 11.3 Å². The fraction of sp³-hybridized carbons (Fsp3) is 0.444. The molecule has 14 heavy (non-hydrogen) atoms. The third-order valence-electron chi connectivity index (χ3n) is 1.48. The number of nitriles is 1. The zero-order valence-electron chi connectivity index (χ0n) is 7.98. The standard InChI is InChI=1S/C9H10N2O2S/c1-6(4-10)13-9(12)3-8-5-14-7(2)11-8/h5-6H,3H2,1-2H3. The number of hydrogen-bond acceptors (Lipinski definition) is 5. The van der Waals surface area contributed by atoms with E-state index in [-0.39, 0.29) is 6.42 Å². The Kier molecular flexibility index (Phi) is 3.60. The minimum absolute atomic E-state index is 0.135. The molecule has 0 aromatic carbocycles. The second kappa shape index (κ2) is 4.72. The van der Waals surface area contributed by atoms with Gasteiger partial charge in [-0.05, 0) is 13.8 Å². The van der Waals surface area contributed by atoms with Gasteiger partial charge in [0.25, 0.3) is 0 Å². The number of carbonyl (C=O) groups excluding carboxylic acids is 1. The molecule has 0 N–H and O–H groups in total. The Morgan fingerprint density at radius 2 is 2.57 bits per heavy atom. The Hall–Kier alpha value is -1.41. The predicted molar refractivity (Wildman–Crippen MR) is 51.7 cm³/mol. The van der Waals surface area contributed by atoms with Gasteiger partial charge < -0.3 is 4.74 Å². The highest BCUT2D eigenvalue weighted by Gasteiger charge is 2.10. The molecule has 0 bridgehead atoms. The molecule has 1 aromatic heterocycles. The Morgan fingerprint density at radius 3 is 3.07 bits per heavy atom. The smallest absolute Gasteiger partial charge is 0.313 e. The monoisotopic (exact) mass is 210 g/mol. The van der Waals surface area contributed by atoms with Gasteiger partial charge in [0.2, 0.25) is 0 Å². The van der Waals surface area contributed by atoms with Gasteiger partial charge in [0.15, 0.2) is 6.10 Å². The lowest BCUT2D eigenvalue weighted by Crippen LogP contribution is -2.15. The first-order valence-corrected chi connectivity index (χ1v) is 5.00. The quantitative estimate of drug-likeness (QED) is 0.708. The molecule has 1 rings (SSSR count). The van der Waals surface area contributed by atoms with Crippen molar-refractivity contribution in [3.8, 4) is 6.07 Å². The normalized spacial score (nSPS) is 11.8. The van der Waals surface area contributed by atoms with Gasteiger partial charge in [-0.3, -0.25) is 4.79 Å². The molecule has 0 spiro atoms. The van der Waals surface area contributed by atoms with Crippen LogP contribution in [0.1, 0.15) is 17.6 Å². The van der Waals surface area contributed by atoms with E-state index in [4.69, 9.17) is 10.00 Å². The van der Waals surface area contributed by atoms with Crippen molar-refractivity contribution in [2.24, 2.45) is 0 Å². The van der Waals surface area contributed by atoms with Gasteiger partial charge in [-0.25, -0.2) is 4.98 Å². The molecular formula is C9H10N2O2S. The van der Waals surface area contributed by atoms with Gasteiger partial charge in [0, 0.05) is 5.38 Å². The zero-order chi connectivity index (χ0) is 10.6. The van der Waals surface area contributed by atoms with E-state index in [0.29, 0.717) is 5.69 Å². The van der Waals surface area contributed by atoms with E-state index in [1.54, 1.807) is 0 Å². The summed E-state index contributed by atoms with van der Waals surface area (Å²) in [5.41, 5.74) is 0.697. The summed E-state index contributed by atoms with van der Waals surface area (Å²) in [6.07, 6.45) is -0.557. The highest BCUT2D eigenvalue weighted by atomic mass is 32.1. The van der Waals surface area contributed by atoms with E-state index in [1.165, 1.54) is 18.3 Å². The van der Waals surface area contributed by atoms with E-state index in [9.17, 15) is 4.79 Å². The number of rotatable bonds is 3. The van der Waals surface area contributed by atoms with Gasteiger partial charge in [-0.15, -0.1) is 11.3 Å². The van der Waals surface area contributed by atoms with E-state index >= 15 is 0 Å². The van der Waals surface area contributed by atoms with Crippen molar-refractivity contribution >= 4 is 17.3 Å². The van der Waals surface area contributed by atoms with Crippen LogP contribution in [0.15, 0.2) is 5.38 Å². The van der Waals surface area contributed by atoms with Crippen LogP contribution in [0.2, 0.25) is 0 Å². The minimum atomic E-state index is -0.692. The summed E-state index contributed by atoms with van der Waals surface area (Å²) in [6, 6.07) is 1.83. The molecule has 4 nitrogen and oxygen atoms in total. The number of thiazole rings is 1. The largest absolute Gasteiger partial charge is 0.447 e. The Labute approximate surface area is 86.1 Å². The van der Waals surface area contributed by atoms with E-state index in [0.717, 1.165) is 5.01 Å². The molecule has 74 valence electrons. The summed E-state index contributed by atoms with van der Waals surface area (Å²) in [5.74, 6) is -0.413. The maximum Gasteiger partial charge on any atom is 0.313 e. The average Bonchev–Trinajstić information content (AvgIpc) is 2.50. The molecule has 1 atom stereocenters. The van der Waals surface area contributed by atoms with Crippen LogP contribution in [0, 0.1) is 18.3 Å². The first-order chi connectivity index (χ1) is 6.61. The van der Waals surface area contributed by atoms with Gasteiger partial charge >= 0.3 is 5.97 Å². The summed E-state index contributed by atoms with van der Waals surface area (Å²) >= 11 is 1.49. The Morgan fingerprint density at radius 1 is 1.86 bits per heavy atom. The molecule has 0 amide bonds. The van der Waals surface area contributed by atoms with Crippen molar-refractivity contribution in [2.45, 2.75) is 26.4 Å².